The third-order valence-electron chi connectivity index (χ3n) is 1.92. The number of hydrogen-bond acceptors (Lipinski definition) is 5. The zero-order valence-electron chi connectivity index (χ0n) is 10.1. The molecule has 1 aromatic heterocycles. The van der Waals surface area contributed by atoms with Gasteiger partial charge in [-0.2, -0.15) is 4.98 Å². The van der Waals surface area contributed by atoms with Crippen molar-refractivity contribution < 1.29 is 9.47 Å². The molecule has 1 N–H and O–H groups in total. The van der Waals surface area contributed by atoms with Crippen LogP contribution in [0.5, 0.6) is 11.8 Å². The lowest BCUT2D eigenvalue weighted by molar-refractivity contribution is 0.287. The molecule has 0 aliphatic rings. The second-order valence-corrected chi connectivity index (χ2v) is 3.71. The van der Waals surface area contributed by atoms with E-state index in [0.29, 0.717) is 24.4 Å². The zero-order valence-corrected chi connectivity index (χ0v) is 10.1. The molecule has 5 heteroatoms. The molecule has 0 saturated carbocycles. The van der Waals surface area contributed by atoms with E-state index in [1.807, 2.05) is 0 Å². The van der Waals surface area contributed by atoms with Gasteiger partial charge in [0.05, 0.1) is 26.1 Å². The molecule has 0 radical (unpaired) electrons. The molecule has 0 atom stereocenters. The number of ether oxygens (including phenoxy) is 2. The lowest BCUT2D eigenvalue weighted by Crippen LogP contribution is -2.24. The van der Waals surface area contributed by atoms with E-state index in [0.717, 1.165) is 13.0 Å². The van der Waals surface area contributed by atoms with E-state index in [1.54, 1.807) is 19.5 Å². The van der Waals surface area contributed by atoms with Gasteiger partial charge in [0.15, 0.2) is 0 Å². The lowest BCUT2D eigenvalue weighted by atomic mass is 10.3. The second-order valence-electron chi connectivity index (χ2n) is 3.71. The molecule has 0 saturated heterocycles. The van der Waals surface area contributed by atoms with Crippen LogP contribution in [-0.4, -0.2) is 36.3 Å². The Balaban J connectivity index is 2.21. The normalized spacial score (nSPS) is 10.5. The van der Waals surface area contributed by atoms with Gasteiger partial charge in [0.25, 0.3) is 0 Å². The van der Waals surface area contributed by atoms with E-state index in [1.165, 1.54) is 0 Å². The molecule has 0 aromatic carbocycles. The van der Waals surface area contributed by atoms with Gasteiger partial charge in [0, 0.05) is 6.04 Å². The first-order chi connectivity index (χ1) is 7.72. The lowest BCUT2D eigenvalue weighted by Gasteiger charge is -2.08. The summed E-state index contributed by atoms with van der Waals surface area (Å²) in [6.45, 7) is 5.80. The summed E-state index contributed by atoms with van der Waals surface area (Å²) in [5, 5.41) is 3.31. The molecule has 0 fully saturated rings. The fourth-order valence-electron chi connectivity index (χ4n) is 1.14. The SMILES string of the molecule is COc1cncc(OCCCNC(C)C)n1. The maximum absolute atomic E-state index is 5.44. The standard InChI is InChI=1S/C11H19N3O2/c1-9(2)13-5-4-6-16-11-8-12-7-10(14-11)15-3/h7-9,13H,4-6H2,1-3H3. The first kappa shape index (κ1) is 12.7. The van der Waals surface area contributed by atoms with Gasteiger partial charge in [0.1, 0.15) is 0 Å². The van der Waals surface area contributed by atoms with Crippen molar-refractivity contribution in [3.8, 4) is 11.8 Å². The van der Waals surface area contributed by atoms with Crippen LogP contribution in [0, 0.1) is 0 Å². The summed E-state index contributed by atoms with van der Waals surface area (Å²) in [7, 11) is 1.56. The van der Waals surface area contributed by atoms with Gasteiger partial charge in [0.2, 0.25) is 11.8 Å². The van der Waals surface area contributed by atoms with E-state index >= 15 is 0 Å². The minimum Gasteiger partial charge on any atom is -0.480 e. The summed E-state index contributed by atoms with van der Waals surface area (Å²) in [5.74, 6) is 0.974. The molecule has 0 bridgehead atoms. The summed E-state index contributed by atoms with van der Waals surface area (Å²) in [4.78, 5) is 8.05. The van der Waals surface area contributed by atoms with Crippen LogP contribution in [0.1, 0.15) is 20.3 Å². The first-order valence-corrected chi connectivity index (χ1v) is 5.44. The van der Waals surface area contributed by atoms with Crippen molar-refractivity contribution in [2.24, 2.45) is 0 Å². The minimum atomic E-state index is 0.470. The van der Waals surface area contributed by atoms with Crippen molar-refractivity contribution in [3.63, 3.8) is 0 Å². The van der Waals surface area contributed by atoms with Gasteiger partial charge in [-0.15, -0.1) is 0 Å². The quantitative estimate of drug-likeness (QED) is 0.708. The van der Waals surface area contributed by atoms with Crippen LogP contribution in [-0.2, 0) is 0 Å². The summed E-state index contributed by atoms with van der Waals surface area (Å²) in [6, 6.07) is 0.511. The van der Waals surface area contributed by atoms with Crippen molar-refractivity contribution in [2.45, 2.75) is 26.3 Å². The highest BCUT2D eigenvalue weighted by molar-refractivity contribution is 5.12. The van der Waals surface area contributed by atoms with E-state index in [4.69, 9.17) is 9.47 Å². The van der Waals surface area contributed by atoms with Gasteiger partial charge in [-0.1, -0.05) is 13.8 Å². The summed E-state index contributed by atoms with van der Waals surface area (Å²) in [5.41, 5.74) is 0. The molecule has 0 unspecified atom stereocenters. The van der Waals surface area contributed by atoms with E-state index in [2.05, 4.69) is 29.1 Å². The molecule has 5 nitrogen and oxygen atoms in total. The zero-order chi connectivity index (χ0) is 11.8. The van der Waals surface area contributed by atoms with Crippen LogP contribution >= 0.6 is 0 Å². The van der Waals surface area contributed by atoms with Crippen LogP contribution in [0.2, 0.25) is 0 Å². The molecule has 90 valence electrons. The monoisotopic (exact) mass is 225 g/mol. The van der Waals surface area contributed by atoms with Gasteiger partial charge in [-0.05, 0) is 13.0 Å². The first-order valence-electron chi connectivity index (χ1n) is 5.44. The maximum Gasteiger partial charge on any atom is 0.235 e. The Morgan fingerprint density at radius 1 is 1.31 bits per heavy atom. The fourth-order valence-corrected chi connectivity index (χ4v) is 1.14. The summed E-state index contributed by atoms with van der Waals surface area (Å²) >= 11 is 0. The molecular weight excluding hydrogens is 206 g/mol. The van der Waals surface area contributed by atoms with Crippen molar-refractivity contribution in [2.75, 3.05) is 20.3 Å². The highest BCUT2D eigenvalue weighted by Gasteiger charge is 1.99. The molecule has 0 aliphatic heterocycles. The third kappa shape index (κ3) is 4.93. The number of hydrogen-bond donors (Lipinski definition) is 1. The van der Waals surface area contributed by atoms with Gasteiger partial charge >= 0.3 is 0 Å². The van der Waals surface area contributed by atoms with Crippen molar-refractivity contribution in [1.82, 2.24) is 15.3 Å². The predicted octanol–water partition coefficient (Wildman–Crippen LogP) is 1.25. The highest BCUT2D eigenvalue weighted by atomic mass is 16.5. The molecule has 16 heavy (non-hydrogen) atoms. The number of rotatable bonds is 7. The van der Waals surface area contributed by atoms with Crippen LogP contribution in [0.15, 0.2) is 12.4 Å². The third-order valence-corrected chi connectivity index (χ3v) is 1.92. The molecule has 1 aromatic rings. The van der Waals surface area contributed by atoms with E-state index in [-0.39, 0.29) is 0 Å². The van der Waals surface area contributed by atoms with E-state index < -0.39 is 0 Å². The number of aromatic nitrogens is 2. The topological polar surface area (TPSA) is 56.3 Å². The molecule has 0 aliphatic carbocycles. The number of methoxy groups -OCH3 is 1. The summed E-state index contributed by atoms with van der Waals surface area (Å²) < 4.78 is 10.4. The second kappa shape index (κ2) is 7.00. The number of nitrogens with one attached hydrogen (secondary N) is 1. The van der Waals surface area contributed by atoms with Gasteiger partial charge in [-0.3, -0.25) is 4.98 Å². The largest absolute Gasteiger partial charge is 0.480 e. The van der Waals surface area contributed by atoms with Crippen molar-refractivity contribution in [3.05, 3.63) is 12.4 Å². The Labute approximate surface area is 96.2 Å². The highest BCUT2D eigenvalue weighted by Crippen LogP contribution is 2.10. The van der Waals surface area contributed by atoms with Crippen LogP contribution < -0.4 is 14.8 Å². The van der Waals surface area contributed by atoms with Gasteiger partial charge in [-0.25, -0.2) is 0 Å². The predicted molar refractivity (Wildman–Crippen MR) is 61.8 cm³/mol. The Hall–Kier alpha value is -1.36. The Morgan fingerprint density at radius 2 is 2.06 bits per heavy atom. The molecule has 0 amide bonds. The number of nitrogens with zero attached hydrogens (tertiary/aromatic N) is 2. The average molecular weight is 225 g/mol. The fraction of sp³-hybridized carbons (Fsp3) is 0.636. The Kier molecular flexibility index (Phi) is 5.56. The maximum atomic E-state index is 5.44. The molecular formula is C11H19N3O2. The van der Waals surface area contributed by atoms with Crippen molar-refractivity contribution >= 4 is 0 Å². The van der Waals surface area contributed by atoms with Gasteiger partial charge < -0.3 is 14.8 Å². The van der Waals surface area contributed by atoms with E-state index in [9.17, 15) is 0 Å². The van der Waals surface area contributed by atoms with Crippen LogP contribution in [0.4, 0.5) is 0 Å². The average Bonchev–Trinajstić information content (AvgIpc) is 2.28. The summed E-state index contributed by atoms with van der Waals surface area (Å²) in [6.07, 6.45) is 4.07. The van der Waals surface area contributed by atoms with Crippen LogP contribution in [0.25, 0.3) is 0 Å². The molecule has 0 spiro atoms. The Bertz CT molecular complexity index is 305. The molecule has 1 heterocycles. The van der Waals surface area contributed by atoms with Crippen molar-refractivity contribution in [1.29, 1.82) is 0 Å². The minimum absolute atomic E-state index is 0.470. The molecule has 1 rings (SSSR count). The smallest absolute Gasteiger partial charge is 0.235 e. The van der Waals surface area contributed by atoms with Crippen LogP contribution in [0.3, 0.4) is 0 Å². The Morgan fingerprint density at radius 3 is 2.75 bits per heavy atom.